The SMILES string of the molecule is Cc1cccc(N)c1C(=O)Nc1ccc(Cl)c(C#N)c1. The van der Waals surface area contributed by atoms with Crippen molar-refractivity contribution in [3.63, 3.8) is 0 Å². The normalized spacial score (nSPS) is 9.85. The van der Waals surface area contributed by atoms with Crippen LogP contribution >= 0.6 is 11.6 Å². The van der Waals surface area contributed by atoms with E-state index in [-0.39, 0.29) is 5.91 Å². The molecule has 0 saturated heterocycles. The molecule has 2 aromatic rings. The Morgan fingerprint density at radius 2 is 2.10 bits per heavy atom. The van der Waals surface area contributed by atoms with Crippen LogP contribution in [0.1, 0.15) is 21.5 Å². The van der Waals surface area contributed by atoms with Gasteiger partial charge in [0.2, 0.25) is 0 Å². The quantitative estimate of drug-likeness (QED) is 0.831. The molecule has 4 nitrogen and oxygen atoms in total. The van der Waals surface area contributed by atoms with Crippen LogP contribution in [0.15, 0.2) is 36.4 Å². The number of nitrogens with two attached hydrogens (primary N) is 1. The predicted octanol–water partition coefficient (Wildman–Crippen LogP) is 3.35. The van der Waals surface area contributed by atoms with E-state index >= 15 is 0 Å². The van der Waals surface area contributed by atoms with Crippen LogP contribution < -0.4 is 11.1 Å². The van der Waals surface area contributed by atoms with Crippen LogP contribution in [0.4, 0.5) is 11.4 Å². The average molecular weight is 286 g/mol. The number of nitrogens with one attached hydrogen (secondary N) is 1. The molecule has 0 saturated carbocycles. The molecule has 3 N–H and O–H groups in total. The number of anilines is 2. The number of amides is 1. The summed E-state index contributed by atoms with van der Waals surface area (Å²) >= 11 is 5.85. The number of aryl methyl sites for hydroxylation is 1. The first-order valence-electron chi connectivity index (χ1n) is 5.89. The van der Waals surface area contributed by atoms with Gasteiger partial charge in [0.1, 0.15) is 6.07 Å². The number of carbonyl (C=O) groups excluding carboxylic acids is 1. The Morgan fingerprint density at radius 1 is 1.35 bits per heavy atom. The minimum Gasteiger partial charge on any atom is -0.398 e. The maximum atomic E-state index is 12.2. The molecule has 0 radical (unpaired) electrons. The molecule has 0 fully saturated rings. The van der Waals surface area contributed by atoms with Gasteiger partial charge >= 0.3 is 0 Å². The van der Waals surface area contributed by atoms with Crippen molar-refractivity contribution in [1.82, 2.24) is 0 Å². The maximum absolute atomic E-state index is 12.2. The molecular formula is C15H12ClN3O. The molecule has 20 heavy (non-hydrogen) atoms. The van der Waals surface area contributed by atoms with Gasteiger partial charge in [-0.2, -0.15) is 5.26 Å². The predicted molar refractivity (Wildman–Crippen MR) is 79.7 cm³/mol. The van der Waals surface area contributed by atoms with Crippen LogP contribution in [0.3, 0.4) is 0 Å². The second-order valence-corrected chi connectivity index (χ2v) is 4.71. The minimum atomic E-state index is -0.313. The van der Waals surface area contributed by atoms with E-state index in [1.165, 1.54) is 6.07 Å². The Balaban J connectivity index is 2.31. The van der Waals surface area contributed by atoms with E-state index in [2.05, 4.69) is 5.32 Å². The van der Waals surface area contributed by atoms with Gasteiger partial charge in [-0.3, -0.25) is 4.79 Å². The Labute approximate surface area is 121 Å². The topological polar surface area (TPSA) is 78.9 Å². The van der Waals surface area contributed by atoms with Crippen molar-refractivity contribution < 1.29 is 4.79 Å². The monoisotopic (exact) mass is 285 g/mol. The van der Waals surface area contributed by atoms with Gasteiger partial charge in [-0.25, -0.2) is 0 Å². The summed E-state index contributed by atoms with van der Waals surface area (Å²) in [6, 6.07) is 12.0. The summed E-state index contributed by atoms with van der Waals surface area (Å²) in [7, 11) is 0. The molecule has 0 atom stereocenters. The number of carbonyl (C=O) groups is 1. The Hall–Kier alpha value is -2.51. The summed E-state index contributed by atoms with van der Waals surface area (Å²) in [6.07, 6.45) is 0. The third-order valence-electron chi connectivity index (χ3n) is 2.88. The van der Waals surface area contributed by atoms with Crippen molar-refractivity contribution in [3.8, 4) is 6.07 Å². The first-order valence-corrected chi connectivity index (χ1v) is 6.27. The molecule has 0 spiro atoms. The Morgan fingerprint density at radius 3 is 2.75 bits per heavy atom. The number of nitriles is 1. The fourth-order valence-electron chi connectivity index (χ4n) is 1.88. The fraction of sp³-hybridized carbons (Fsp3) is 0.0667. The van der Waals surface area contributed by atoms with Gasteiger partial charge in [-0.1, -0.05) is 23.7 Å². The molecule has 2 aromatic carbocycles. The van der Waals surface area contributed by atoms with Gasteiger partial charge in [0.25, 0.3) is 5.91 Å². The average Bonchev–Trinajstić information content (AvgIpc) is 2.40. The molecule has 0 bridgehead atoms. The molecule has 100 valence electrons. The molecule has 0 heterocycles. The zero-order valence-corrected chi connectivity index (χ0v) is 11.5. The molecule has 0 aliphatic carbocycles. The van der Waals surface area contributed by atoms with Crippen LogP contribution in [0.2, 0.25) is 5.02 Å². The third kappa shape index (κ3) is 2.73. The van der Waals surface area contributed by atoms with Gasteiger partial charge in [0, 0.05) is 11.4 Å². The second kappa shape index (κ2) is 5.64. The lowest BCUT2D eigenvalue weighted by atomic mass is 10.1. The van der Waals surface area contributed by atoms with Crippen LogP contribution in [-0.2, 0) is 0 Å². The zero-order valence-electron chi connectivity index (χ0n) is 10.8. The Kier molecular flexibility index (Phi) is 3.92. The summed E-state index contributed by atoms with van der Waals surface area (Å²) in [5.41, 5.74) is 8.26. The van der Waals surface area contributed by atoms with E-state index in [1.54, 1.807) is 24.3 Å². The van der Waals surface area contributed by atoms with Crippen LogP contribution in [-0.4, -0.2) is 5.91 Å². The summed E-state index contributed by atoms with van der Waals surface area (Å²) < 4.78 is 0. The van der Waals surface area contributed by atoms with Crippen molar-refractivity contribution >= 4 is 28.9 Å². The van der Waals surface area contributed by atoms with Gasteiger partial charge in [0.05, 0.1) is 16.1 Å². The molecule has 0 aliphatic heterocycles. The molecule has 0 aromatic heterocycles. The molecule has 2 rings (SSSR count). The largest absolute Gasteiger partial charge is 0.398 e. The lowest BCUT2D eigenvalue weighted by Gasteiger charge is -2.10. The van der Waals surface area contributed by atoms with Crippen molar-refractivity contribution in [2.24, 2.45) is 0 Å². The minimum absolute atomic E-state index is 0.308. The van der Waals surface area contributed by atoms with Crippen molar-refractivity contribution in [1.29, 1.82) is 5.26 Å². The first-order chi connectivity index (χ1) is 9.52. The van der Waals surface area contributed by atoms with E-state index in [0.717, 1.165) is 5.56 Å². The fourth-order valence-corrected chi connectivity index (χ4v) is 2.04. The standard InChI is InChI=1S/C15H12ClN3O/c1-9-3-2-4-13(18)14(9)15(20)19-11-5-6-12(16)10(7-11)8-17/h2-7H,18H2,1H3,(H,19,20). The van der Waals surface area contributed by atoms with E-state index in [4.69, 9.17) is 22.6 Å². The van der Waals surface area contributed by atoms with Crippen molar-refractivity contribution in [3.05, 3.63) is 58.1 Å². The number of hydrogen-bond donors (Lipinski definition) is 2. The highest BCUT2D eigenvalue weighted by Gasteiger charge is 2.13. The Bertz CT molecular complexity index is 699. The molecule has 1 amide bonds. The van der Waals surface area contributed by atoms with E-state index in [0.29, 0.717) is 27.5 Å². The van der Waals surface area contributed by atoms with Gasteiger partial charge < -0.3 is 11.1 Å². The third-order valence-corrected chi connectivity index (χ3v) is 3.21. The van der Waals surface area contributed by atoms with Gasteiger partial charge in [0.15, 0.2) is 0 Å². The van der Waals surface area contributed by atoms with Gasteiger partial charge in [-0.15, -0.1) is 0 Å². The highest BCUT2D eigenvalue weighted by molar-refractivity contribution is 6.31. The van der Waals surface area contributed by atoms with E-state index < -0.39 is 0 Å². The summed E-state index contributed by atoms with van der Waals surface area (Å²) in [6.45, 7) is 1.81. The number of nitrogen functional groups attached to an aromatic ring is 1. The lowest BCUT2D eigenvalue weighted by Crippen LogP contribution is -2.15. The molecule has 5 heteroatoms. The molecule has 0 unspecified atom stereocenters. The number of nitrogens with zero attached hydrogens (tertiary/aromatic N) is 1. The summed E-state index contributed by atoms with van der Waals surface area (Å²) in [5.74, 6) is -0.313. The summed E-state index contributed by atoms with van der Waals surface area (Å²) in [4.78, 5) is 12.2. The van der Waals surface area contributed by atoms with Crippen molar-refractivity contribution in [2.75, 3.05) is 11.1 Å². The molecule has 0 aliphatic rings. The second-order valence-electron chi connectivity index (χ2n) is 4.30. The number of halogens is 1. The molecular weight excluding hydrogens is 274 g/mol. The van der Waals surface area contributed by atoms with Crippen molar-refractivity contribution in [2.45, 2.75) is 6.92 Å². The first kappa shape index (κ1) is 13.9. The van der Waals surface area contributed by atoms with Crippen LogP contribution in [0.25, 0.3) is 0 Å². The van der Waals surface area contributed by atoms with E-state index in [9.17, 15) is 4.79 Å². The maximum Gasteiger partial charge on any atom is 0.258 e. The van der Waals surface area contributed by atoms with E-state index in [1.807, 2.05) is 19.1 Å². The van der Waals surface area contributed by atoms with Crippen LogP contribution in [0, 0.1) is 18.3 Å². The highest BCUT2D eigenvalue weighted by atomic mass is 35.5. The zero-order chi connectivity index (χ0) is 14.7. The lowest BCUT2D eigenvalue weighted by molar-refractivity contribution is 0.102. The number of rotatable bonds is 2. The number of benzene rings is 2. The summed E-state index contributed by atoms with van der Waals surface area (Å²) in [5, 5.41) is 12.0. The van der Waals surface area contributed by atoms with Gasteiger partial charge in [-0.05, 0) is 36.8 Å². The number of hydrogen-bond acceptors (Lipinski definition) is 3. The smallest absolute Gasteiger partial charge is 0.258 e. The highest BCUT2D eigenvalue weighted by Crippen LogP contribution is 2.22. The van der Waals surface area contributed by atoms with Crippen LogP contribution in [0.5, 0.6) is 0 Å².